The molecule has 2 heteroatoms. The van der Waals surface area contributed by atoms with Gasteiger partial charge in [0.05, 0.1) is 4.99 Å². The molecule has 88 valence electrons. The van der Waals surface area contributed by atoms with E-state index in [1.165, 1.54) is 22.3 Å². The highest BCUT2D eigenvalue weighted by molar-refractivity contribution is 7.80. The predicted octanol–water partition coefficient (Wildman–Crippen LogP) is 3.64. The molecule has 0 aromatic heterocycles. The van der Waals surface area contributed by atoms with E-state index in [1.54, 1.807) is 0 Å². The molecule has 0 spiro atoms. The molecule has 0 radical (unpaired) electrons. The van der Waals surface area contributed by atoms with E-state index in [4.69, 9.17) is 18.0 Å². The molecule has 0 aliphatic carbocycles. The third-order valence-electron chi connectivity index (χ3n) is 3.02. The first-order chi connectivity index (χ1) is 7.34. The van der Waals surface area contributed by atoms with Crippen molar-refractivity contribution >= 4 is 17.2 Å². The molecule has 1 unspecified atom stereocenters. The van der Waals surface area contributed by atoms with Gasteiger partial charge >= 0.3 is 0 Å². The first kappa shape index (κ1) is 13.2. The molecule has 1 nitrogen and oxygen atoms in total. The highest BCUT2D eigenvalue weighted by Gasteiger charge is 2.22. The summed E-state index contributed by atoms with van der Waals surface area (Å²) < 4.78 is 0. The molecule has 0 saturated heterocycles. The quantitative estimate of drug-likeness (QED) is 0.810. The van der Waals surface area contributed by atoms with Gasteiger partial charge in [-0.3, -0.25) is 0 Å². The van der Waals surface area contributed by atoms with E-state index < -0.39 is 0 Å². The fourth-order valence-electron chi connectivity index (χ4n) is 2.49. The summed E-state index contributed by atoms with van der Waals surface area (Å²) in [6.07, 6.45) is 0. The van der Waals surface area contributed by atoms with Crippen LogP contribution in [0.5, 0.6) is 0 Å². The first-order valence-corrected chi connectivity index (χ1v) is 6.12. The maximum atomic E-state index is 5.88. The molecular weight excluding hydrogens is 214 g/mol. The van der Waals surface area contributed by atoms with Gasteiger partial charge in [0.2, 0.25) is 0 Å². The molecule has 0 amide bonds. The van der Waals surface area contributed by atoms with Crippen LogP contribution in [0.3, 0.4) is 0 Å². The lowest BCUT2D eigenvalue weighted by Gasteiger charge is -2.24. The van der Waals surface area contributed by atoms with Crippen molar-refractivity contribution in [3.8, 4) is 0 Å². The fraction of sp³-hybridized carbons (Fsp3) is 0.500. The van der Waals surface area contributed by atoms with Crippen LogP contribution in [0, 0.1) is 26.7 Å². The van der Waals surface area contributed by atoms with Crippen molar-refractivity contribution in [1.29, 1.82) is 0 Å². The number of aryl methyl sites for hydroxylation is 3. The molecule has 1 aromatic rings. The van der Waals surface area contributed by atoms with Gasteiger partial charge in [-0.25, -0.2) is 0 Å². The largest absolute Gasteiger partial charge is 0.393 e. The maximum absolute atomic E-state index is 5.88. The van der Waals surface area contributed by atoms with Crippen LogP contribution in [0.25, 0.3) is 0 Å². The van der Waals surface area contributed by atoms with Gasteiger partial charge in [-0.15, -0.1) is 0 Å². The van der Waals surface area contributed by atoms with Crippen molar-refractivity contribution in [2.75, 3.05) is 0 Å². The number of nitrogens with two attached hydrogens (primary N) is 1. The molecular formula is C14H21NS. The number of thiocarbonyl (C=S) groups is 1. The van der Waals surface area contributed by atoms with Crippen LogP contribution < -0.4 is 5.73 Å². The summed E-state index contributed by atoms with van der Waals surface area (Å²) in [4.78, 5) is 0.602. The van der Waals surface area contributed by atoms with Crippen LogP contribution in [-0.2, 0) is 0 Å². The van der Waals surface area contributed by atoms with Gasteiger partial charge in [-0.1, -0.05) is 43.8 Å². The Labute approximate surface area is 104 Å². The maximum Gasteiger partial charge on any atom is 0.0806 e. The SMILES string of the molecule is Cc1cc(C)c(C(C(N)=S)C(C)C)c(C)c1. The van der Waals surface area contributed by atoms with E-state index >= 15 is 0 Å². The highest BCUT2D eigenvalue weighted by atomic mass is 32.1. The van der Waals surface area contributed by atoms with Gasteiger partial charge < -0.3 is 5.73 Å². The number of benzene rings is 1. The summed E-state index contributed by atoms with van der Waals surface area (Å²) in [5.74, 6) is 0.633. The van der Waals surface area contributed by atoms with Crippen molar-refractivity contribution in [3.05, 3.63) is 34.4 Å². The molecule has 2 N–H and O–H groups in total. The summed E-state index contributed by atoms with van der Waals surface area (Å²) in [6, 6.07) is 4.41. The lowest BCUT2D eigenvalue weighted by Crippen LogP contribution is -2.25. The number of rotatable bonds is 3. The Morgan fingerprint density at radius 3 is 1.88 bits per heavy atom. The molecule has 1 rings (SSSR count). The Bertz CT molecular complexity index is 384. The van der Waals surface area contributed by atoms with Gasteiger partial charge in [-0.2, -0.15) is 0 Å². The van der Waals surface area contributed by atoms with Crippen molar-refractivity contribution in [3.63, 3.8) is 0 Å². The van der Waals surface area contributed by atoms with E-state index in [9.17, 15) is 0 Å². The van der Waals surface area contributed by atoms with Crippen molar-refractivity contribution in [2.45, 2.75) is 40.5 Å². The summed E-state index contributed by atoms with van der Waals surface area (Å²) in [6.45, 7) is 10.7. The van der Waals surface area contributed by atoms with Crippen molar-refractivity contribution in [2.24, 2.45) is 11.7 Å². The van der Waals surface area contributed by atoms with E-state index in [-0.39, 0.29) is 5.92 Å². The Hall–Kier alpha value is -0.890. The van der Waals surface area contributed by atoms with Gasteiger partial charge in [-0.05, 0) is 43.4 Å². The minimum Gasteiger partial charge on any atom is -0.393 e. The molecule has 0 fully saturated rings. The molecule has 1 aromatic carbocycles. The fourth-order valence-corrected chi connectivity index (χ4v) is 2.88. The van der Waals surface area contributed by atoms with Gasteiger partial charge in [0.1, 0.15) is 0 Å². The first-order valence-electron chi connectivity index (χ1n) is 5.71. The van der Waals surface area contributed by atoms with Crippen LogP contribution in [0.2, 0.25) is 0 Å². The van der Waals surface area contributed by atoms with Gasteiger partial charge in [0.25, 0.3) is 0 Å². The molecule has 0 saturated carbocycles. The Morgan fingerprint density at radius 2 is 1.56 bits per heavy atom. The summed E-state index contributed by atoms with van der Waals surface area (Å²) in [5, 5.41) is 0. The molecule has 0 aliphatic heterocycles. The summed E-state index contributed by atoms with van der Waals surface area (Å²) in [5.41, 5.74) is 11.1. The van der Waals surface area contributed by atoms with Gasteiger partial charge in [0.15, 0.2) is 0 Å². The van der Waals surface area contributed by atoms with Crippen LogP contribution in [0.4, 0.5) is 0 Å². The van der Waals surface area contributed by atoms with E-state index in [1.807, 2.05) is 0 Å². The minimum absolute atomic E-state index is 0.190. The van der Waals surface area contributed by atoms with E-state index in [0.29, 0.717) is 10.9 Å². The second-order valence-electron chi connectivity index (χ2n) is 4.94. The standard InChI is InChI=1S/C14H21NS/c1-8(2)12(14(15)16)13-10(4)6-9(3)7-11(13)5/h6-8,12H,1-5H3,(H2,15,16). The van der Waals surface area contributed by atoms with Gasteiger partial charge in [0, 0.05) is 5.92 Å². The molecule has 0 heterocycles. The molecule has 1 atom stereocenters. The van der Waals surface area contributed by atoms with Crippen LogP contribution in [0.1, 0.15) is 42.0 Å². The predicted molar refractivity (Wildman–Crippen MR) is 75.0 cm³/mol. The van der Waals surface area contributed by atoms with Crippen LogP contribution in [0.15, 0.2) is 12.1 Å². The smallest absolute Gasteiger partial charge is 0.0806 e. The second-order valence-corrected chi connectivity index (χ2v) is 5.41. The molecule has 0 aliphatic rings. The zero-order valence-electron chi connectivity index (χ0n) is 10.8. The number of hydrogen-bond donors (Lipinski definition) is 1. The number of hydrogen-bond acceptors (Lipinski definition) is 1. The average Bonchev–Trinajstić information content (AvgIpc) is 2.09. The van der Waals surface area contributed by atoms with Crippen molar-refractivity contribution in [1.82, 2.24) is 0 Å². The van der Waals surface area contributed by atoms with Crippen LogP contribution >= 0.6 is 12.2 Å². The normalized spacial score (nSPS) is 12.9. The van der Waals surface area contributed by atoms with Crippen molar-refractivity contribution < 1.29 is 0 Å². The van der Waals surface area contributed by atoms with Crippen LogP contribution in [-0.4, -0.2) is 4.99 Å². The highest BCUT2D eigenvalue weighted by Crippen LogP contribution is 2.31. The zero-order chi connectivity index (χ0) is 12.5. The second kappa shape index (κ2) is 4.96. The lowest BCUT2D eigenvalue weighted by molar-refractivity contribution is 0.600. The third kappa shape index (κ3) is 2.62. The minimum atomic E-state index is 0.190. The zero-order valence-corrected chi connectivity index (χ0v) is 11.6. The Balaban J connectivity index is 3.35. The summed E-state index contributed by atoms with van der Waals surface area (Å²) >= 11 is 5.21. The summed E-state index contributed by atoms with van der Waals surface area (Å²) in [7, 11) is 0. The lowest BCUT2D eigenvalue weighted by atomic mass is 9.82. The van der Waals surface area contributed by atoms with E-state index in [2.05, 4.69) is 46.8 Å². The van der Waals surface area contributed by atoms with E-state index in [0.717, 1.165) is 0 Å². The molecule has 0 bridgehead atoms. The average molecular weight is 235 g/mol. The topological polar surface area (TPSA) is 26.0 Å². The molecule has 16 heavy (non-hydrogen) atoms. The monoisotopic (exact) mass is 235 g/mol. The third-order valence-corrected chi connectivity index (χ3v) is 3.28. The Morgan fingerprint density at radius 1 is 1.12 bits per heavy atom. The Kier molecular flexibility index (Phi) is 4.09.